The van der Waals surface area contributed by atoms with Crippen LogP contribution in [0.5, 0.6) is 0 Å². The molecule has 5 rings (SSSR count). The largest absolute Gasteiger partial charge is 0.352 e. The van der Waals surface area contributed by atoms with Crippen LogP contribution < -0.4 is 5.32 Å². The van der Waals surface area contributed by atoms with Crippen LogP contribution in [0, 0.1) is 0 Å². The van der Waals surface area contributed by atoms with Crippen LogP contribution in [0.15, 0.2) is 54.6 Å². The highest BCUT2D eigenvalue weighted by molar-refractivity contribution is 6.14. The summed E-state index contributed by atoms with van der Waals surface area (Å²) in [5.41, 5.74) is 6.26. The molecule has 0 unspecified atom stereocenters. The summed E-state index contributed by atoms with van der Waals surface area (Å²) in [6, 6.07) is 18.1. The molecule has 0 atom stereocenters. The zero-order valence-electron chi connectivity index (χ0n) is 15.1. The normalized spacial score (nSPS) is 11.7. The zero-order chi connectivity index (χ0) is 18.4. The van der Waals surface area contributed by atoms with E-state index in [9.17, 15) is 4.79 Å². The lowest BCUT2D eigenvalue weighted by molar-refractivity contribution is 0.0953. The smallest absolute Gasteiger partial charge is 0.251 e. The fourth-order valence-electron chi connectivity index (χ4n) is 3.79. The van der Waals surface area contributed by atoms with Gasteiger partial charge in [-0.1, -0.05) is 49.7 Å². The molecule has 1 N–H and O–H groups in total. The molecule has 4 aromatic rings. The summed E-state index contributed by atoms with van der Waals surface area (Å²) >= 11 is 0. The first-order chi connectivity index (χ1) is 13.3. The Bertz CT molecular complexity index is 1210. The van der Waals surface area contributed by atoms with Crippen molar-refractivity contribution in [3.63, 3.8) is 0 Å². The molecule has 4 heteroatoms. The van der Waals surface area contributed by atoms with Gasteiger partial charge in [0.2, 0.25) is 0 Å². The Kier molecular flexibility index (Phi) is 3.64. The van der Waals surface area contributed by atoms with Gasteiger partial charge in [0.25, 0.3) is 5.91 Å². The second kappa shape index (κ2) is 6.16. The molecule has 3 aromatic carbocycles. The number of fused-ring (bicyclic) bond motifs is 4. The van der Waals surface area contributed by atoms with E-state index in [1.54, 1.807) is 0 Å². The second-order valence-corrected chi connectivity index (χ2v) is 6.94. The fraction of sp³-hybridized carbons (Fsp3) is 0.174. The molecule has 0 saturated carbocycles. The third kappa shape index (κ3) is 2.48. The van der Waals surface area contributed by atoms with Crippen molar-refractivity contribution in [2.45, 2.75) is 19.8 Å². The number of hydrogen-bond acceptors (Lipinski definition) is 3. The van der Waals surface area contributed by atoms with E-state index in [0.717, 1.165) is 46.4 Å². The van der Waals surface area contributed by atoms with Crippen molar-refractivity contribution >= 4 is 27.7 Å². The summed E-state index contributed by atoms with van der Waals surface area (Å²) in [5, 5.41) is 5.37. The Morgan fingerprint density at radius 1 is 0.926 bits per heavy atom. The Labute approximate surface area is 157 Å². The summed E-state index contributed by atoms with van der Waals surface area (Å²) < 4.78 is 0. The number of rotatable bonds is 4. The van der Waals surface area contributed by atoms with Gasteiger partial charge in [-0.25, -0.2) is 9.97 Å². The van der Waals surface area contributed by atoms with E-state index in [2.05, 4.69) is 48.6 Å². The van der Waals surface area contributed by atoms with Crippen LogP contribution >= 0.6 is 0 Å². The van der Waals surface area contributed by atoms with Gasteiger partial charge in [-0.15, -0.1) is 0 Å². The molecule has 27 heavy (non-hydrogen) atoms. The van der Waals surface area contributed by atoms with Crippen LogP contribution in [0.1, 0.15) is 30.1 Å². The first kappa shape index (κ1) is 15.9. The number of hydrogen-bond donors (Lipinski definition) is 1. The topological polar surface area (TPSA) is 54.9 Å². The van der Waals surface area contributed by atoms with Crippen LogP contribution in [-0.4, -0.2) is 22.4 Å². The summed E-state index contributed by atoms with van der Waals surface area (Å²) in [6.45, 7) is 2.80. The molecule has 0 aliphatic heterocycles. The summed E-state index contributed by atoms with van der Waals surface area (Å²) in [7, 11) is 0. The Balaban J connectivity index is 1.63. The van der Waals surface area contributed by atoms with Gasteiger partial charge < -0.3 is 5.32 Å². The molecule has 4 nitrogen and oxygen atoms in total. The first-order valence-electron chi connectivity index (χ1n) is 9.39. The number of benzene rings is 3. The lowest BCUT2D eigenvalue weighted by Crippen LogP contribution is -2.24. The fourth-order valence-corrected chi connectivity index (χ4v) is 3.79. The molecule has 0 fully saturated rings. The number of nitrogens with zero attached hydrogens (tertiary/aromatic N) is 2. The van der Waals surface area contributed by atoms with Crippen LogP contribution in [0.3, 0.4) is 0 Å². The van der Waals surface area contributed by atoms with E-state index in [-0.39, 0.29) is 5.91 Å². The molecule has 132 valence electrons. The molecule has 0 saturated heterocycles. The SMILES string of the molecule is CCCCNC(=O)c1ccc2nc3c(nc2c1)-c1cccc2cccc-3c12. The van der Waals surface area contributed by atoms with E-state index >= 15 is 0 Å². The number of amides is 1. The third-order valence-corrected chi connectivity index (χ3v) is 5.16. The standard InChI is InChI=1S/C23H19N3O/c1-2-3-12-24-23(27)15-10-11-18-19(13-15)26-22-17-9-5-7-14-6-4-8-16(20(14)17)21(22)25-18/h4-11,13H,2-3,12H2,1H3,(H,24,27). The quantitative estimate of drug-likeness (QED) is 0.465. The average Bonchev–Trinajstić information content (AvgIpc) is 3.01. The van der Waals surface area contributed by atoms with Crippen molar-refractivity contribution in [3.05, 3.63) is 60.2 Å². The number of carbonyl (C=O) groups is 1. The van der Waals surface area contributed by atoms with E-state index in [4.69, 9.17) is 9.97 Å². The van der Waals surface area contributed by atoms with Gasteiger partial charge in [-0.3, -0.25) is 4.79 Å². The van der Waals surface area contributed by atoms with Crippen molar-refractivity contribution in [1.82, 2.24) is 15.3 Å². The molecule has 1 aromatic heterocycles. The van der Waals surface area contributed by atoms with Gasteiger partial charge in [0.15, 0.2) is 0 Å². The minimum absolute atomic E-state index is 0.0574. The van der Waals surface area contributed by atoms with Crippen LogP contribution in [-0.2, 0) is 0 Å². The van der Waals surface area contributed by atoms with Gasteiger partial charge in [-0.05, 0) is 30.0 Å². The molecule has 1 amide bonds. The molecular formula is C23H19N3O. The second-order valence-electron chi connectivity index (χ2n) is 6.94. The zero-order valence-corrected chi connectivity index (χ0v) is 15.1. The highest BCUT2D eigenvalue weighted by Gasteiger charge is 2.24. The predicted molar refractivity (Wildman–Crippen MR) is 109 cm³/mol. The highest BCUT2D eigenvalue weighted by atomic mass is 16.1. The number of unbranched alkanes of at least 4 members (excludes halogenated alkanes) is 1. The molecule has 0 bridgehead atoms. The maximum atomic E-state index is 12.4. The maximum Gasteiger partial charge on any atom is 0.251 e. The van der Waals surface area contributed by atoms with Crippen molar-refractivity contribution < 1.29 is 4.79 Å². The Hall–Kier alpha value is -3.27. The van der Waals surface area contributed by atoms with E-state index in [1.807, 2.05) is 18.2 Å². The maximum absolute atomic E-state index is 12.4. The number of aromatic nitrogens is 2. The minimum atomic E-state index is -0.0574. The van der Waals surface area contributed by atoms with E-state index in [0.29, 0.717) is 12.1 Å². The van der Waals surface area contributed by atoms with Crippen molar-refractivity contribution in [2.24, 2.45) is 0 Å². The number of carbonyl (C=O) groups excluding carboxylic acids is 1. The summed E-state index contributed by atoms with van der Waals surface area (Å²) in [6.07, 6.45) is 2.04. The van der Waals surface area contributed by atoms with Crippen LogP contribution in [0.2, 0.25) is 0 Å². The Morgan fingerprint density at radius 3 is 2.33 bits per heavy atom. The average molecular weight is 353 g/mol. The molecule has 1 heterocycles. The highest BCUT2D eigenvalue weighted by Crippen LogP contribution is 2.45. The van der Waals surface area contributed by atoms with Crippen LogP contribution in [0.25, 0.3) is 44.3 Å². The minimum Gasteiger partial charge on any atom is -0.352 e. The van der Waals surface area contributed by atoms with Crippen molar-refractivity contribution in [3.8, 4) is 22.5 Å². The van der Waals surface area contributed by atoms with Gasteiger partial charge in [-0.2, -0.15) is 0 Å². The van der Waals surface area contributed by atoms with Gasteiger partial charge in [0.05, 0.1) is 22.4 Å². The molecule has 0 spiro atoms. The third-order valence-electron chi connectivity index (χ3n) is 5.16. The first-order valence-corrected chi connectivity index (χ1v) is 9.39. The summed E-state index contributed by atoms with van der Waals surface area (Å²) in [5.74, 6) is -0.0574. The molecular weight excluding hydrogens is 334 g/mol. The molecule has 1 aliphatic rings. The molecule has 0 radical (unpaired) electrons. The number of nitrogens with one attached hydrogen (secondary N) is 1. The predicted octanol–water partition coefficient (Wildman–Crippen LogP) is 4.96. The monoisotopic (exact) mass is 353 g/mol. The summed E-state index contributed by atoms with van der Waals surface area (Å²) in [4.78, 5) is 22.1. The lowest BCUT2D eigenvalue weighted by atomic mass is 10.0. The van der Waals surface area contributed by atoms with E-state index in [1.165, 1.54) is 10.8 Å². The van der Waals surface area contributed by atoms with Gasteiger partial charge in [0.1, 0.15) is 0 Å². The van der Waals surface area contributed by atoms with Crippen LogP contribution in [0.4, 0.5) is 0 Å². The van der Waals surface area contributed by atoms with E-state index < -0.39 is 0 Å². The van der Waals surface area contributed by atoms with Gasteiger partial charge in [0, 0.05) is 28.6 Å². The lowest BCUT2D eigenvalue weighted by Gasteiger charge is -2.07. The van der Waals surface area contributed by atoms with Crippen molar-refractivity contribution in [1.29, 1.82) is 0 Å². The molecule has 1 aliphatic carbocycles. The Morgan fingerprint density at radius 2 is 1.63 bits per heavy atom. The van der Waals surface area contributed by atoms with Gasteiger partial charge >= 0.3 is 0 Å². The van der Waals surface area contributed by atoms with Crippen molar-refractivity contribution in [2.75, 3.05) is 6.54 Å².